The first kappa shape index (κ1) is 23.2. The summed E-state index contributed by atoms with van der Waals surface area (Å²) in [5.41, 5.74) is -13.7. The molecule has 0 bridgehead atoms. The highest BCUT2D eigenvalue weighted by atomic mass is 28.3. The molecule has 0 fully saturated rings. The second-order valence-corrected chi connectivity index (χ2v) is 9.61. The Bertz CT molecular complexity index is 420. The molecule has 146 valence electrons. The Morgan fingerprint density at radius 2 is 0.750 bits per heavy atom. The number of halogens is 14. The van der Waals surface area contributed by atoms with Crippen LogP contribution >= 0.6 is 0 Å². The maximum atomic E-state index is 13.6. The van der Waals surface area contributed by atoms with Gasteiger partial charge in [0.15, 0.2) is 0 Å². The molecule has 0 spiro atoms. The van der Waals surface area contributed by atoms with Gasteiger partial charge >= 0.3 is 35.3 Å². The van der Waals surface area contributed by atoms with E-state index < -0.39 is 56.0 Å². The molecule has 0 aromatic heterocycles. The summed E-state index contributed by atoms with van der Waals surface area (Å²) in [5.74, 6) is -14.5. The van der Waals surface area contributed by atoms with Crippen molar-refractivity contribution >= 4 is 8.07 Å². The summed E-state index contributed by atoms with van der Waals surface area (Å²) < 4.78 is 178. The van der Waals surface area contributed by atoms with Crippen LogP contribution in [0.3, 0.4) is 0 Å². The molecule has 0 amide bonds. The first-order valence-corrected chi connectivity index (χ1v) is 8.41. The molecule has 0 N–H and O–H groups in total. The molecular weight excluding hydrogens is 402 g/mol. The van der Waals surface area contributed by atoms with E-state index in [1.807, 2.05) is 0 Å². The number of hydrogen-bond donors (Lipinski definition) is 0. The standard InChI is InChI=1S/C9H8F14Si/c1-3-24(2,8(20,21)4(10,11)6(14,15)16)9(22,23)5(12,13)7(17,18)19/h3H2,1-2H3. The molecule has 0 atom stereocenters. The van der Waals surface area contributed by atoms with Gasteiger partial charge in [0.05, 0.1) is 0 Å². The zero-order valence-corrected chi connectivity index (χ0v) is 12.5. The second kappa shape index (κ2) is 5.62. The van der Waals surface area contributed by atoms with Crippen molar-refractivity contribution in [2.45, 2.75) is 54.8 Å². The average Bonchev–Trinajstić information content (AvgIpc) is 2.33. The smallest absolute Gasteiger partial charge is 0.204 e. The summed E-state index contributed by atoms with van der Waals surface area (Å²) in [7, 11) is -7.28. The van der Waals surface area contributed by atoms with Gasteiger partial charge in [0, 0.05) is 0 Å². The fraction of sp³-hybridized carbons (Fsp3) is 1.00. The minimum atomic E-state index is -7.28. The average molecular weight is 410 g/mol. The Morgan fingerprint density at radius 1 is 0.542 bits per heavy atom. The van der Waals surface area contributed by atoms with Crippen LogP contribution in [0.25, 0.3) is 0 Å². The summed E-state index contributed by atoms with van der Waals surface area (Å²) in [4.78, 5) is 0. The minimum Gasteiger partial charge on any atom is -0.204 e. The van der Waals surface area contributed by atoms with Gasteiger partial charge in [-0.05, 0) is 6.04 Å². The van der Waals surface area contributed by atoms with Gasteiger partial charge in [-0.1, -0.05) is 13.5 Å². The predicted octanol–water partition coefficient (Wildman–Crippen LogP) is 5.83. The molecule has 0 nitrogen and oxygen atoms in total. The molecule has 0 heterocycles. The summed E-state index contributed by atoms with van der Waals surface area (Å²) in [6.07, 6.45) is -14.3. The predicted molar refractivity (Wildman–Crippen MR) is 54.0 cm³/mol. The minimum absolute atomic E-state index is 0.104. The highest BCUT2D eigenvalue weighted by Gasteiger charge is 2.89. The van der Waals surface area contributed by atoms with Crippen LogP contribution in [-0.2, 0) is 0 Å². The SMILES string of the molecule is CC[Si](C)(C(F)(F)C(F)(F)C(F)(F)F)C(F)(F)C(F)(F)C(F)(F)F. The van der Waals surface area contributed by atoms with Crippen molar-refractivity contribution in [2.75, 3.05) is 0 Å². The van der Waals surface area contributed by atoms with E-state index in [2.05, 4.69) is 0 Å². The van der Waals surface area contributed by atoms with Gasteiger partial charge in [-0.25, -0.2) is 17.6 Å². The third-order valence-corrected chi connectivity index (χ3v) is 8.41. The zero-order chi connectivity index (χ0) is 20.2. The lowest BCUT2D eigenvalue weighted by atomic mass is 10.3. The Morgan fingerprint density at radius 3 is 0.875 bits per heavy atom. The van der Waals surface area contributed by atoms with Crippen LogP contribution in [0.5, 0.6) is 0 Å². The topological polar surface area (TPSA) is 0 Å². The summed E-state index contributed by atoms with van der Waals surface area (Å²) in [6.45, 7) is -0.654. The highest BCUT2D eigenvalue weighted by molar-refractivity contribution is 6.83. The van der Waals surface area contributed by atoms with Gasteiger partial charge in [-0.15, -0.1) is 0 Å². The highest BCUT2D eigenvalue weighted by Crippen LogP contribution is 2.60. The monoisotopic (exact) mass is 410 g/mol. The molecule has 0 aromatic rings. The van der Waals surface area contributed by atoms with Crippen LogP contribution in [-0.4, -0.2) is 43.4 Å². The summed E-state index contributed by atoms with van der Waals surface area (Å²) in [6, 6.07) is -2.12. The van der Waals surface area contributed by atoms with E-state index in [-0.39, 0.29) is 6.92 Å². The van der Waals surface area contributed by atoms with E-state index >= 15 is 0 Å². The molecule has 0 unspecified atom stereocenters. The third-order valence-electron chi connectivity index (χ3n) is 3.59. The Hall–Kier alpha value is -0.763. The van der Waals surface area contributed by atoms with Crippen molar-refractivity contribution in [2.24, 2.45) is 0 Å². The molecule has 0 rings (SSSR count). The van der Waals surface area contributed by atoms with Crippen molar-refractivity contribution < 1.29 is 61.5 Å². The summed E-state index contributed by atoms with van der Waals surface area (Å²) >= 11 is 0. The van der Waals surface area contributed by atoms with Crippen molar-refractivity contribution in [3.8, 4) is 0 Å². The fourth-order valence-electron chi connectivity index (χ4n) is 1.69. The summed E-state index contributed by atoms with van der Waals surface area (Å²) in [5, 5.41) is 0. The van der Waals surface area contributed by atoms with Crippen molar-refractivity contribution in [1.29, 1.82) is 0 Å². The van der Waals surface area contributed by atoms with Crippen molar-refractivity contribution in [3.63, 3.8) is 0 Å². The van der Waals surface area contributed by atoms with E-state index in [4.69, 9.17) is 0 Å². The molecule has 15 heteroatoms. The number of hydrogen-bond acceptors (Lipinski definition) is 0. The van der Waals surface area contributed by atoms with E-state index in [1.54, 1.807) is 0 Å². The van der Waals surface area contributed by atoms with Gasteiger partial charge in [-0.2, -0.15) is 43.9 Å². The lowest BCUT2D eigenvalue weighted by Gasteiger charge is -2.45. The van der Waals surface area contributed by atoms with E-state index in [9.17, 15) is 61.5 Å². The van der Waals surface area contributed by atoms with Crippen molar-refractivity contribution in [1.82, 2.24) is 0 Å². The molecule has 24 heavy (non-hydrogen) atoms. The zero-order valence-electron chi connectivity index (χ0n) is 11.5. The quantitative estimate of drug-likeness (QED) is 0.395. The van der Waals surface area contributed by atoms with E-state index in [0.29, 0.717) is 0 Å². The van der Waals surface area contributed by atoms with Gasteiger partial charge in [0.1, 0.15) is 0 Å². The normalized spacial score (nSPS) is 16.5. The molecule has 0 aliphatic carbocycles. The Balaban J connectivity index is 6.60. The lowest BCUT2D eigenvalue weighted by Crippen LogP contribution is -2.77. The maximum absolute atomic E-state index is 13.6. The van der Waals surface area contributed by atoms with Crippen LogP contribution in [0.4, 0.5) is 61.5 Å². The first-order valence-electron chi connectivity index (χ1n) is 5.71. The van der Waals surface area contributed by atoms with E-state index in [1.165, 1.54) is 0 Å². The number of alkyl halides is 14. The molecule has 0 aliphatic heterocycles. The fourth-order valence-corrected chi connectivity index (χ4v) is 4.64. The Kier molecular flexibility index (Phi) is 5.44. The van der Waals surface area contributed by atoms with Gasteiger partial charge in [0.25, 0.3) is 0 Å². The van der Waals surface area contributed by atoms with Crippen LogP contribution in [0.1, 0.15) is 6.92 Å². The van der Waals surface area contributed by atoms with Crippen LogP contribution in [0, 0.1) is 0 Å². The van der Waals surface area contributed by atoms with Crippen LogP contribution < -0.4 is 0 Å². The molecule has 0 saturated heterocycles. The molecule has 0 aromatic carbocycles. The van der Waals surface area contributed by atoms with Gasteiger partial charge in [0.2, 0.25) is 8.07 Å². The lowest BCUT2D eigenvalue weighted by molar-refractivity contribution is -0.351. The van der Waals surface area contributed by atoms with Gasteiger partial charge < -0.3 is 0 Å². The largest absolute Gasteiger partial charge is 0.459 e. The molecular formula is C9H8F14Si. The Labute approximate surface area is 125 Å². The first-order chi connectivity index (χ1) is 10.1. The molecule has 0 radical (unpaired) electrons. The molecule has 0 aliphatic rings. The maximum Gasteiger partial charge on any atom is 0.459 e. The third kappa shape index (κ3) is 2.75. The van der Waals surface area contributed by atoms with Crippen LogP contribution in [0.15, 0.2) is 0 Å². The van der Waals surface area contributed by atoms with Crippen molar-refractivity contribution in [3.05, 3.63) is 0 Å². The number of rotatable bonds is 5. The van der Waals surface area contributed by atoms with Gasteiger partial charge in [-0.3, -0.25) is 0 Å². The van der Waals surface area contributed by atoms with Crippen LogP contribution in [0.2, 0.25) is 12.6 Å². The molecule has 0 saturated carbocycles. The second-order valence-electron chi connectivity index (χ2n) is 4.98. The van der Waals surface area contributed by atoms with E-state index in [0.717, 1.165) is 0 Å².